The Morgan fingerprint density at radius 3 is 2.89 bits per heavy atom. The van der Waals surface area contributed by atoms with Crippen LogP contribution in [0.2, 0.25) is 0 Å². The summed E-state index contributed by atoms with van der Waals surface area (Å²) in [5.41, 5.74) is 2.45. The molecule has 3 rings (SSSR count). The third kappa shape index (κ3) is 2.56. The first-order valence-electron chi connectivity index (χ1n) is 6.58. The van der Waals surface area contributed by atoms with Crippen molar-refractivity contribution in [2.45, 2.75) is 26.4 Å². The van der Waals surface area contributed by atoms with Crippen LogP contribution in [-0.4, -0.2) is 4.98 Å². The van der Waals surface area contributed by atoms with Crippen molar-refractivity contribution in [1.82, 2.24) is 10.3 Å². The van der Waals surface area contributed by atoms with Gasteiger partial charge in [0.1, 0.15) is 11.5 Å². The number of benzene rings is 1. The molecule has 3 nitrogen and oxygen atoms in total. The van der Waals surface area contributed by atoms with Crippen LogP contribution < -0.4 is 5.32 Å². The number of hydrogen-bond donors (Lipinski definition) is 2. The van der Waals surface area contributed by atoms with Crippen molar-refractivity contribution in [3.8, 4) is 0 Å². The average Bonchev–Trinajstić information content (AvgIpc) is 3.03. The molecule has 19 heavy (non-hydrogen) atoms. The summed E-state index contributed by atoms with van der Waals surface area (Å²) in [6.07, 6.45) is 1.97. The Labute approximate surface area is 112 Å². The maximum absolute atomic E-state index is 5.62. The first-order valence-corrected chi connectivity index (χ1v) is 6.58. The van der Waals surface area contributed by atoms with E-state index in [0.717, 1.165) is 18.1 Å². The molecule has 0 aliphatic rings. The monoisotopic (exact) mass is 254 g/mol. The van der Waals surface area contributed by atoms with Gasteiger partial charge in [0.15, 0.2) is 0 Å². The number of hydrogen-bond acceptors (Lipinski definition) is 2. The second-order valence-electron chi connectivity index (χ2n) is 4.95. The third-order valence-corrected chi connectivity index (χ3v) is 3.42. The zero-order valence-corrected chi connectivity index (χ0v) is 11.2. The van der Waals surface area contributed by atoms with Gasteiger partial charge in [0, 0.05) is 18.3 Å². The Balaban J connectivity index is 1.68. The van der Waals surface area contributed by atoms with Gasteiger partial charge in [-0.3, -0.25) is 0 Å². The summed E-state index contributed by atoms with van der Waals surface area (Å²) < 4.78 is 5.62. The standard InChI is InChI=1S/C16H18N2O/c1-11-3-6-16(19-11)12(2)18-10-13-4-5-14-7-8-17-15(14)9-13/h3-9,12,17-18H,10H2,1-2H3. The van der Waals surface area contributed by atoms with Gasteiger partial charge in [0.2, 0.25) is 0 Å². The third-order valence-electron chi connectivity index (χ3n) is 3.42. The van der Waals surface area contributed by atoms with E-state index in [1.54, 1.807) is 0 Å². The molecule has 0 fully saturated rings. The number of aromatic nitrogens is 1. The van der Waals surface area contributed by atoms with Crippen LogP contribution in [0.25, 0.3) is 10.9 Å². The van der Waals surface area contributed by atoms with E-state index in [1.165, 1.54) is 16.5 Å². The number of aryl methyl sites for hydroxylation is 1. The van der Waals surface area contributed by atoms with Gasteiger partial charge in [0.25, 0.3) is 0 Å². The Bertz CT molecular complexity index is 681. The maximum Gasteiger partial charge on any atom is 0.120 e. The summed E-state index contributed by atoms with van der Waals surface area (Å²) in [4.78, 5) is 3.24. The van der Waals surface area contributed by atoms with Gasteiger partial charge in [-0.15, -0.1) is 0 Å². The molecule has 3 heteroatoms. The summed E-state index contributed by atoms with van der Waals surface area (Å²) in [5.74, 6) is 1.94. The Hall–Kier alpha value is -2.00. The van der Waals surface area contributed by atoms with Crippen LogP contribution >= 0.6 is 0 Å². The van der Waals surface area contributed by atoms with Crippen LogP contribution in [0.1, 0.15) is 30.0 Å². The lowest BCUT2D eigenvalue weighted by Crippen LogP contribution is -2.17. The molecule has 2 N–H and O–H groups in total. The zero-order chi connectivity index (χ0) is 13.2. The number of H-pyrrole nitrogens is 1. The lowest BCUT2D eigenvalue weighted by molar-refractivity contribution is 0.416. The van der Waals surface area contributed by atoms with Crippen molar-refractivity contribution in [1.29, 1.82) is 0 Å². The highest BCUT2D eigenvalue weighted by atomic mass is 16.3. The van der Waals surface area contributed by atoms with Crippen LogP contribution in [0.5, 0.6) is 0 Å². The second kappa shape index (κ2) is 4.94. The van der Waals surface area contributed by atoms with E-state index in [2.05, 4.69) is 41.5 Å². The summed E-state index contributed by atoms with van der Waals surface area (Å²) >= 11 is 0. The molecule has 0 saturated heterocycles. The lowest BCUT2D eigenvalue weighted by Gasteiger charge is -2.11. The van der Waals surface area contributed by atoms with Gasteiger partial charge >= 0.3 is 0 Å². The molecule has 2 heterocycles. The van der Waals surface area contributed by atoms with Crippen molar-refractivity contribution in [2.75, 3.05) is 0 Å². The van der Waals surface area contributed by atoms with Crippen LogP contribution in [0.3, 0.4) is 0 Å². The molecular formula is C16H18N2O. The van der Waals surface area contributed by atoms with Crippen LogP contribution in [0, 0.1) is 6.92 Å². The minimum Gasteiger partial charge on any atom is -0.465 e. The minimum absolute atomic E-state index is 0.216. The molecule has 0 spiro atoms. The molecule has 3 aromatic rings. The van der Waals surface area contributed by atoms with E-state index in [0.29, 0.717) is 0 Å². The summed E-state index contributed by atoms with van der Waals surface area (Å²) in [6.45, 7) is 4.91. The number of rotatable bonds is 4. The van der Waals surface area contributed by atoms with Gasteiger partial charge in [-0.05, 0) is 49.1 Å². The molecule has 0 aliphatic carbocycles. The van der Waals surface area contributed by atoms with E-state index in [1.807, 2.05) is 25.3 Å². The van der Waals surface area contributed by atoms with E-state index in [4.69, 9.17) is 4.42 Å². The number of fused-ring (bicyclic) bond motifs is 1. The molecular weight excluding hydrogens is 236 g/mol. The molecule has 1 aromatic carbocycles. The second-order valence-corrected chi connectivity index (χ2v) is 4.95. The largest absolute Gasteiger partial charge is 0.465 e. The first-order chi connectivity index (χ1) is 9.22. The molecule has 2 aromatic heterocycles. The van der Waals surface area contributed by atoms with Gasteiger partial charge in [0.05, 0.1) is 6.04 Å². The predicted octanol–water partition coefficient (Wildman–Crippen LogP) is 3.92. The molecule has 1 unspecified atom stereocenters. The molecule has 0 bridgehead atoms. The smallest absolute Gasteiger partial charge is 0.120 e. The van der Waals surface area contributed by atoms with E-state index in [9.17, 15) is 0 Å². The van der Waals surface area contributed by atoms with Gasteiger partial charge in [-0.1, -0.05) is 12.1 Å². The van der Waals surface area contributed by atoms with Crippen molar-refractivity contribution in [3.05, 3.63) is 59.7 Å². The highest BCUT2D eigenvalue weighted by Gasteiger charge is 2.08. The first kappa shape index (κ1) is 12.1. The zero-order valence-electron chi connectivity index (χ0n) is 11.2. The fourth-order valence-electron chi connectivity index (χ4n) is 2.26. The lowest BCUT2D eigenvalue weighted by atomic mass is 10.1. The van der Waals surface area contributed by atoms with E-state index in [-0.39, 0.29) is 6.04 Å². The van der Waals surface area contributed by atoms with Crippen molar-refractivity contribution >= 4 is 10.9 Å². The van der Waals surface area contributed by atoms with E-state index < -0.39 is 0 Å². The highest BCUT2D eigenvalue weighted by molar-refractivity contribution is 5.79. The Kier molecular flexibility index (Phi) is 3.13. The van der Waals surface area contributed by atoms with Crippen LogP contribution in [0.4, 0.5) is 0 Å². The Morgan fingerprint density at radius 1 is 1.21 bits per heavy atom. The average molecular weight is 254 g/mol. The number of nitrogens with one attached hydrogen (secondary N) is 2. The van der Waals surface area contributed by atoms with Crippen molar-refractivity contribution in [2.24, 2.45) is 0 Å². The molecule has 98 valence electrons. The highest BCUT2D eigenvalue weighted by Crippen LogP contribution is 2.18. The number of furan rings is 1. The molecule has 0 amide bonds. The van der Waals surface area contributed by atoms with Crippen molar-refractivity contribution in [3.63, 3.8) is 0 Å². The minimum atomic E-state index is 0.216. The normalized spacial score (nSPS) is 12.9. The molecule has 0 aliphatic heterocycles. The van der Waals surface area contributed by atoms with Crippen molar-refractivity contribution < 1.29 is 4.42 Å². The summed E-state index contributed by atoms with van der Waals surface area (Å²) in [7, 11) is 0. The Morgan fingerprint density at radius 2 is 2.11 bits per heavy atom. The predicted molar refractivity (Wildman–Crippen MR) is 77.0 cm³/mol. The fraction of sp³-hybridized carbons (Fsp3) is 0.250. The van der Waals surface area contributed by atoms with Gasteiger partial charge in [-0.25, -0.2) is 0 Å². The van der Waals surface area contributed by atoms with E-state index >= 15 is 0 Å². The topological polar surface area (TPSA) is 41.0 Å². The molecule has 0 saturated carbocycles. The summed E-state index contributed by atoms with van der Waals surface area (Å²) in [6, 6.07) is 12.8. The maximum atomic E-state index is 5.62. The van der Waals surface area contributed by atoms with Gasteiger partial charge in [-0.2, -0.15) is 0 Å². The number of aromatic amines is 1. The van der Waals surface area contributed by atoms with Crippen LogP contribution in [-0.2, 0) is 6.54 Å². The van der Waals surface area contributed by atoms with Gasteiger partial charge < -0.3 is 14.7 Å². The summed E-state index contributed by atoms with van der Waals surface area (Å²) in [5, 5.41) is 4.73. The molecule has 0 radical (unpaired) electrons. The fourth-order valence-corrected chi connectivity index (χ4v) is 2.26. The van der Waals surface area contributed by atoms with Crippen LogP contribution in [0.15, 0.2) is 47.0 Å². The quantitative estimate of drug-likeness (QED) is 0.741. The molecule has 1 atom stereocenters. The SMILES string of the molecule is Cc1ccc(C(C)NCc2ccc3cc[nH]c3c2)o1.